The van der Waals surface area contributed by atoms with Gasteiger partial charge in [0.2, 0.25) is 0 Å². The molecule has 3 aromatic heterocycles. The van der Waals surface area contributed by atoms with Crippen molar-refractivity contribution in [2.24, 2.45) is 0 Å². The maximum absolute atomic E-state index is 13.3. The Hall–Kier alpha value is -5.18. The van der Waals surface area contributed by atoms with Gasteiger partial charge in [-0.25, -0.2) is 0 Å². The fourth-order valence-corrected chi connectivity index (χ4v) is 4.30. The molecule has 2 aromatic carbocycles. The number of anilines is 1. The fourth-order valence-electron chi connectivity index (χ4n) is 4.30. The Bertz CT molecular complexity index is 1700. The number of Topliss-reactive ketones (excluding diaryl/α,β-unsaturated/α-hetero) is 1. The lowest BCUT2D eigenvalue weighted by molar-refractivity contribution is 0.0991. The summed E-state index contributed by atoms with van der Waals surface area (Å²) in [5.74, 6) is 1.84. The van der Waals surface area contributed by atoms with Crippen LogP contribution in [0.4, 0.5) is 5.69 Å². The molecule has 0 saturated carbocycles. The van der Waals surface area contributed by atoms with E-state index < -0.39 is 5.56 Å². The predicted molar refractivity (Wildman–Crippen MR) is 149 cm³/mol. The second kappa shape index (κ2) is 11.1. The lowest BCUT2D eigenvalue weighted by Gasteiger charge is -2.13. The van der Waals surface area contributed by atoms with Gasteiger partial charge in [-0.3, -0.25) is 24.1 Å². The molecule has 0 aliphatic carbocycles. The number of rotatable bonds is 9. The topological polar surface area (TPSA) is 105 Å². The van der Waals surface area contributed by atoms with Crippen LogP contribution in [0.5, 0.6) is 23.0 Å². The predicted octanol–water partition coefficient (Wildman–Crippen LogP) is 5.06. The summed E-state index contributed by atoms with van der Waals surface area (Å²) >= 11 is 0. The average molecular weight is 523 g/mol. The van der Waals surface area contributed by atoms with E-state index in [-0.39, 0.29) is 17.8 Å². The number of nitrogens with one attached hydrogen (secondary N) is 1. The third-order valence-electron chi connectivity index (χ3n) is 6.25. The minimum absolute atomic E-state index is 0.0435. The molecule has 9 heteroatoms. The van der Waals surface area contributed by atoms with E-state index in [0.717, 1.165) is 5.39 Å². The SMILES string of the molecule is CNc1ccn(-c2ccccc2)c(=O)c1C(=O)Cc1ccc(Oc2ccnc3cc(OC)c(OC)cc23)cn1. The Morgan fingerprint density at radius 1 is 0.923 bits per heavy atom. The van der Waals surface area contributed by atoms with Gasteiger partial charge in [0.1, 0.15) is 17.1 Å². The molecular formula is C30H26N4O5. The highest BCUT2D eigenvalue weighted by Crippen LogP contribution is 2.36. The van der Waals surface area contributed by atoms with Gasteiger partial charge in [0, 0.05) is 42.3 Å². The quantitative estimate of drug-likeness (QED) is 0.268. The summed E-state index contributed by atoms with van der Waals surface area (Å²) in [5.41, 5.74) is 2.03. The van der Waals surface area contributed by atoms with Crippen molar-refractivity contribution in [1.82, 2.24) is 14.5 Å². The molecule has 0 fully saturated rings. The molecule has 39 heavy (non-hydrogen) atoms. The van der Waals surface area contributed by atoms with Crippen LogP contribution in [0, 0.1) is 0 Å². The molecule has 1 N–H and O–H groups in total. The number of benzene rings is 2. The monoisotopic (exact) mass is 522 g/mol. The number of nitrogens with zero attached hydrogens (tertiary/aromatic N) is 3. The van der Waals surface area contributed by atoms with E-state index in [1.165, 1.54) is 4.57 Å². The Morgan fingerprint density at radius 3 is 2.38 bits per heavy atom. The number of carbonyl (C=O) groups excluding carboxylic acids is 1. The van der Waals surface area contributed by atoms with Crippen LogP contribution in [-0.4, -0.2) is 41.6 Å². The first-order valence-electron chi connectivity index (χ1n) is 12.2. The van der Waals surface area contributed by atoms with Crippen molar-refractivity contribution in [3.8, 4) is 28.7 Å². The van der Waals surface area contributed by atoms with Crippen LogP contribution in [0.1, 0.15) is 16.1 Å². The third kappa shape index (κ3) is 5.15. The Morgan fingerprint density at radius 2 is 1.69 bits per heavy atom. The van der Waals surface area contributed by atoms with E-state index in [2.05, 4.69) is 15.3 Å². The van der Waals surface area contributed by atoms with Crippen molar-refractivity contribution < 1.29 is 19.0 Å². The number of fused-ring (bicyclic) bond motifs is 1. The summed E-state index contributed by atoms with van der Waals surface area (Å²) < 4.78 is 18.3. The zero-order chi connectivity index (χ0) is 27.4. The Kier molecular flexibility index (Phi) is 7.22. The van der Waals surface area contributed by atoms with Crippen LogP contribution in [0.15, 0.2) is 90.1 Å². The minimum atomic E-state index is -0.394. The number of carbonyl (C=O) groups is 1. The van der Waals surface area contributed by atoms with Crippen LogP contribution in [-0.2, 0) is 6.42 Å². The standard InChI is InChI=1S/C30H26N4O5/c1-31-23-12-14-34(20-7-5-4-6-8-20)30(36)29(23)25(35)15-19-9-10-21(18-33-19)39-26-11-13-32-24-17-28(38-3)27(37-2)16-22(24)26/h4-14,16-18,31H,15H2,1-3H3. The number of methoxy groups -OCH3 is 2. The molecule has 5 aromatic rings. The molecule has 9 nitrogen and oxygen atoms in total. The number of ether oxygens (including phenoxy) is 3. The summed E-state index contributed by atoms with van der Waals surface area (Å²) in [7, 11) is 4.81. The van der Waals surface area contributed by atoms with E-state index in [1.807, 2.05) is 30.3 Å². The number of hydrogen-bond acceptors (Lipinski definition) is 8. The van der Waals surface area contributed by atoms with Gasteiger partial charge in [0.15, 0.2) is 17.3 Å². The summed E-state index contributed by atoms with van der Waals surface area (Å²) in [6, 6.07) is 19.7. The van der Waals surface area contributed by atoms with Crippen molar-refractivity contribution in [1.29, 1.82) is 0 Å². The molecule has 0 radical (unpaired) electrons. The molecular weight excluding hydrogens is 496 g/mol. The highest BCUT2D eigenvalue weighted by atomic mass is 16.5. The van der Waals surface area contributed by atoms with Gasteiger partial charge in [-0.15, -0.1) is 0 Å². The first kappa shape index (κ1) is 25.5. The second-order valence-electron chi connectivity index (χ2n) is 8.59. The molecule has 5 rings (SSSR count). The highest BCUT2D eigenvalue weighted by molar-refractivity contribution is 6.02. The maximum atomic E-state index is 13.3. The van der Waals surface area contributed by atoms with Crippen molar-refractivity contribution in [3.63, 3.8) is 0 Å². The number of pyridine rings is 3. The lowest BCUT2D eigenvalue weighted by Crippen LogP contribution is -2.27. The van der Waals surface area contributed by atoms with Gasteiger partial charge >= 0.3 is 0 Å². The molecule has 0 spiro atoms. The second-order valence-corrected chi connectivity index (χ2v) is 8.59. The third-order valence-corrected chi connectivity index (χ3v) is 6.25. The normalized spacial score (nSPS) is 10.7. The molecule has 0 aliphatic heterocycles. The van der Waals surface area contributed by atoms with Crippen molar-refractivity contribution in [2.45, 2.75) is 6.42 Å². The first-order chi connectivity index (χ1) is 19.0. The zero-order valence-corrected chi connectivity index (χ0v) is 21.7. The van der Waals surface area contributed by atoms with Gasteiger partial charge < -0.3 is 19.5 Å². The Balaban J connectivity index is 1.38. The van der Waals surface area contributed by atoms with Crippen molar-refractivity contribution >= 4 is 22.4 Å². The molecule has 0 saturated heterocycles. The number of aromatic nitrogens is 3. The van der Waals surface area contributed by atoms with Gasteiger partial charge in [-0.2, -0.15) is 0 Å². The van der Waals surface area contributed by atoms with Crippen molar-refractivity contribution in [2.75, 3.05) is 26.6 Å². The lowest BCUT2D eigenvalue weighted by atomic mass is 10.1. The number of hydrogen-bond donors (Lipinski definition) is 1. The summed E-state index contributed by atoms with van der Waals surface area (Å²) in [6.45, 7) is 0. The maximum Gasteiger partial charge on any atom is 0.268 e. The number of ketones is 1. The molecule has 0 aliphatic rings. The smallest absolute Gasteiger partial charge is 0.268 e. The van der Waals surface area contributed by atoms with Crippen LogP contribution < -0.4 is 25.1 Å². The first-order valence-corrected chi connectivity index (χ1v) is 12.2. The summed E-state index contributed by atoms with van der Waals surface area (Å²) in [6.07, 6.45) is 4.80. The highest BCUT2D eigenvalue weighted by Gasteiger charge is 2.19. The van der Waals surface area contributed by atoms with E-state index >= 15 is 0 Å². The Labute approximate surface area is 224 Å². The van der Waals surface area contributed by atoms with Gasteiger partial charge in [-0.1, -0.05) is 18.2 Å². The molecule has 0 bridgehead atoms. The van der Waals surface area contributed by atoms with Crippen LogP contribution in [0.2, 0.25) is 0 Å². The fraction of sp³-hybridized carbons (Fsp3) is 0.133. The van der Waals surface area contributed by atoms with E-state index in [1.54, 1.807) is 76.3 Å². The molecule has 3 heterocycles. The average Bonchev–Trinajstić information content (AvgIpc) is 2.97. The van der Waals surface area contributed by atoms with Crippen LogP contribution in [0.3, 0.4) is 0 Å². The molecule has 196 valence electrons. The van der Waals surface area contributed by atoms with Gasteiger partial charge in [-0.05, 0) is 42.5 Å². The zero-order valence-electron chi connectivity index (χ0n) is 21.7. The molecule has 0 atom stereocenters. The molecule has 0 amide bonds. The van der Waals surface area contributed by atoms with Crippen LogP contribution >= 0.6 is 0 Å². The van der Waals surface area contributed by atoms with Crippen LogP contribution in [0.25, 0.3) is 16.6 Å². The van der Waals surface area contributed by atoms with Gasteiger partial charge in [0.25, 0.3) is 5.56 Å². The number of para-hydroxylation sites is 1. The van der Waals surface area contributed by atoms with E-state index in [0.29, 0.717) is 45.6 Å². The largest absolute Gasteiger partial charge is 0.493 e. The molecule has 0 unspecified atom stereocenters. The van der Waals surface area contributed by atoms with E-state index in [9.17, 15) is 9.59 Å². The summed E-state index contributed by atoms with van der Waals surface area (Å²) in [4.78, 5) is 35.4. The summed E-state index contributed by atoms with van der Waals surface area (Å²) in [5, 5.41) is 3.69. The van der Waals surface area contributed by atoms with Gasteiger partial charge in [0.05, 0.1) is 38.0 Å². The van der Waals surface area contributed by atoms with Crippen molar-refractivity contribution in [3.05, 3.63) is 107 Å². The minimum Gasteiger partial charge on any atom is -0.493 e. The van der Waals surface area contributed by atoms with E-state index in [4.69, 9.17) is 14.2 Å².